The van der Waals surface area contributed by atoms with E-state index in [4.69, 9.17) is 21.1 Å². The van der Waals surface area contributed by atoms with Gasteiger partial charge in [-0.25, -0.2) is 4.39 Å². The Bertz CT molecular complexity index is 803. The molecule has 0 bridgehead atoms. The van der Waals surface area contributed by atoms with Crippen molar-refractivity contribution in [1.82, 2.24) is 0 Å². The minimum atomic E-state index is -0.420. The molecule has 0 fully saturated rings. The SMILES string of the molecule is CC(C)=C1Oc2cc(OCc3c(F)cccc3Cl)ccc2C1=O. The Morgan fingerprint density at radius 1 is 1.26 bits per heavy atom. The van der Waals surface area contributed by atoms with Crippen molar-refractivity contribution in [3.05, 3.63) is 69.7 Å². The zero-order chi connectivity index (χ0) is 16.6. The summed E-state index contributed by atoms with van der Waals surface area (Å²) in [5.41, 5.74) is 1.60. The minimum absolute atomic E-state index is 0.00621. The molecule has 0 amide bonds. The van der Waals surface area contributed by atoms with E-state index >= 15 is 0 Å². The molecule has 5 heteroatoms. The van der Waals surface area contributed by atoms with Crippen LogP contribution in [-0.2, 0) is 6.61 Å². The molecule has 3 nitrogen and oxygen atoms in total. The molecule has 0 N–H and O–H groups in total. The molecule has 0 saturated carbocycles. The maximum absolute atomic E-state index is 13.7. The average Bonchev–Trinajstić information content (AvgIpc) is 2.84. The first-order valence-electron chi connectivity index (χ1n) is 7.07. The lowest BCUT2D eigenvalue weighted by Gasteiger charge is -2.09. The van der Waals surface area contributed by atoms with Gasteiger partial charge in [-0.1, -0.05) is 17.7 Å². The smallest absolute Gasteiger partial charge is 0.231 e. The van der Waals surface area contributed by atoms with Crippen molar-refractivity contribution in [3.8, 4) is 11.5 Å². The van der Waals surface area contributed by atoms with E-state index in [0.717, 1.165) is 5.57 Å². The molecular weight excluding hydrogens is 319 g/mol. The fourth-order valence-corrected chi connectivity index (χ4v) is 2.52. The maximum Gasteiger partial charge on any atom is 0.231 e. The van der Waals surface area contributed by atoms with E-state index in [0.29, 0.717) is 27.8 Å². The van der Waals surface area contributed by atoms with Crippen molar-refractivity contribution < 1.29 is 18.7 Å². The van der Waals surface area contributed by atoms with Crippen molar-refractivity contribution in [1.29, 1.82) is 0 Å². The first kappa shape index (κ1) is 15.6. The standard InChI is InChI=1S/C18H14ClFO3/c1-10(2)18-17(21)12-7-6-11(8-16(12)23-18)22-9-13-14(19)4-3-5-15(13)20/h3-8H,9H2,1-2H3. The van der Waals surface area contributed by atoms with E-state index in [9.17, 15) is 9.18 Å². The number of carbonyl (C=O) groups excluding carboxylic acids is 1. The number of fused-ring (bicyclic) bond motifs is 1. The summed E-state index contributed by atoms with van der Waals surface area (Å²) in [5, 5.41) is 0.310. The highest BCUT2D eigenvalue weighted by Gasteiger charge is 2.28. The summed E-state index contributed by atoms with van der Waals surface area (Å²) >= 11 is 5.97. The van der Waals surface area contributed by atoms with Gasteiger partial charge < -0.3 is 9.47 Å². The summed E-state index contributed by atoms with van der Waals surface area (Å²) in [7, 11) is 0. The predicted octanol–water partition coefficient (Wildman–Crippen LogP) is 4.93. The fraction of sp³-hybridized carbons (Fsp3) is 0.167. The Balaban J connectivity index is 1.81. The first-order valence-corrected chi connectivity index (χ1v) is 7.45. The van der Waals surface area contributed by atoms with Gasteiger partial charge in [0.1, 0.15) is 23.9 Å². The normalized spacial score (nSPS) is 12.9. The van der Waals surface area contributed by atoms with E-state index in [1.54, 1.807) is 24.3 Å². The number of ether oxygens (including phenoxy) is 2. The number of benzene rings is 2. The average molecular weight is 333 g/mol. The molecule has 23 heavy (non-hydrogen) atoms. The van der Waals surface area contributed by atoms with Gasteiger partial charge in [-0.05, 0) is 43.7 Å². The fourth-order valence-electron chi connectivity index (χ4n) is 2.30. The van der Waals surface area contributed by atoms with Crippen LogP contribution in [0.1, 0.15) is 29.8 Å². The molecule has 0 aromatic heterocycles. The highest BCUT2D eigenvalue weighted by molar-refractivity contribution is 6.31. The van der Waals surface area contributed by atoms with Gasteiger partial charge in [0.05, 0.1) is 10.6 Å². The summed E-state index contributed by atoms with van der Waals surface area (Å²) in [6.45, 7) is 3.63. The topological polar surface area (TPSA) is 35.5 Å². The second kappa shape index (κ2) is 6.05. The van der Waals surface area contributed by atoms with Crippen molar-refractivity contribution in [3.63, 3.8) is 0 Å². The molecule has 0 radical (unpaired) electrons. The lowest BCUT2D eigenvalue weighted by molar-refractivity contribution is 0.101. The summed E-state index contributed by atoms with van der Waals surface area (Å²) in [4.78, 5) is 12.1. The number of carbonyl (C=O) groups is 1. The molecule has 1 heterocycles. The summed E-state index contributed by atoms with van der Waals surface area (Å²) < 4.78 is 24.9. The van der Waals surface area contributed by atoms with Crippen molar-refractivity contribution >= 4 is 17.4 Å². The number of ketones is 1. The Morgan fingerprint density at radius 2 is 2.04 bits per heavy atom. The Kier molecular flexibility index (Phi) is 4.09. The predicted molar refractivity (Wildman–Crippen MR) is 85.5 cm³/mol. The zero-order valence-electron chi connectivity index (χ0n) is 12.7. The van der Waals surface area contributed by atoms with Crippen LogP contribution in [0.25, 0.3) is 0 Å². The van der Waals surface area contributed by atoms with Gasteiger partial charge in [0.25, 0.3) is 0 Å². The zero-order valence-corrected chi connectivity index (χ0v) is 13.4. The van der Waals surface area contributed by atoms with Gasteiger partial charge in [-0.3, -0.25) is 4.79 Å². The molecule has 3 rings (SSSR count). The van der Waals surface area contributed by atoms with Crippen LogP contribution < -0.4 is 9.47 Å². The van der Waals surface area contributed by atoms with Crippen molar-refractivity contribution in [2.75, 3.05) is 0 Å². The first-order chi connectivity index (χ1) is 11.0. The number of allylic oxidation sites excluding steroid dienone is 2. The molecular formula is C18H14ClFO3. The third-order valence-corrected chi connectivity index (χ3v) is 3.87. The highest BCUT2D eigenvalue weighted by Crippen LogP contribution is 2.35. The van der Waals surface area contributed by atoms with Crippen LogP contribution in [0.5, 0.6) is 11.5 Å². The van der Waals surface area contributed by atoms with Crippen LogP contribution >= 0.6 is 11.6 Å². The lowest BCUT2D eigenvalue weighted by atomic mass is 10.1. The monoisotopic (exact) mass is 332 g/mol. The third kappa shape index (κ3) is 2.94. The summed E-state index contributed by atoms with van der Waals surface area (Å²) in [5.74, 6) is 0.712. The molecule has 0 unspecified atom stereocenters. The van der Waals surface area contributed by atoms with Crippen LogP contribution in [-0.4, -0.2) is 5.78 Å². The van der Waals surface area contributed by atoms with Gasteiger partial charge in [0.2, 0.25) is 5.78 Å². The van der Waals surface area contributed by atoms with Gasteiger partial charge in [-0.15, -0.1) is 0 Å². The van der Waals surface area contributed by atoms with Gasteiger partial charge in [-0.2, -0.15) is 0 Å². The molecule has 118 valence electrons. The van der Waals surface area contributed by atoms with E-state index in [2.05, 4.69) is 0 Å². The molecule has 1 aliphatic heterocycles. The van der Waals surface area contributed by atoms with Crippen molar-refractivity contribution in [2.24, 2.45) is 0 Å². The van der Waals surface area contributed by atoms with E-state index in [-0.39, 0.29) is 18.0 Å². The van der Waals surface area contributed by atoms with Gasteiger partial charge in [0.15, 0.2) is 5.76 Å². The van der Waals surface area contributed by atoms with E-state index in [1.165, 1.54) is 12.1 Å². The molecule has 2 aromatic rings. The number of hydrogen-bond acceptors (Lipinski definition) is 3. The van der Waals surface area contributed by atoms with Crippen LogP contribution in [0.4, 0.5) is 4.39 Å². The number of rotatable bonds is 3. The van der Waals surface area contributed by atoms with E-state index < -0.39 is 5.82 Å². The maximum atomic E-state index is 13.7. The summed E-state index contributed by atoms with van der Waals surface area (Å²) in [6, 6.07) is 9.40. The molecule has 0 aliphatic carbocycles. The van der Waals surface area contributed by atoms with Crippen LogP contribution in [0.2, 0.25) is 5.02 Å². The largest absolute Gasteiger partial charge is 0.489 e. The second-order valence-electron chi connectivity index (χ2n) is 5.41. The van der Waals surface area contributed by atoms with Gasteiger partial charge in [0, 0.05) is 11.6 Å². The Morgan fingerprint density at radius 3 is 2.74 bits per heavy atom. The molecule has 0 spiro atoms. The molecule has 0 atom stereocenters. The third-order valence-electron chi connectivity index (χ3n) is 3.51. The quantitative estimate of drug-likeness (QED) is 0.748. The van der Waals surface area contributed by atoms with Crippen molar-refractivity contribution in [2.45, 2.75) is 20.5 Å². The lowest BCUT2D eigenvalue weighted by Crippen LogP contribution is -2.00. The van der Waals surface area contributed by atoms with Crippen LogP contribution in [0, 0.1) is 5.82 Å². The number of halogens is 2. The summed E-state index contributed by atoms with van der Waals surface area (Å²) in [6.07, 6.45) is 0. The van der Waals surface area contributed by atoms with Crippen LogP contribution in [0.15, 0.2) is 47.7 Å². The Hall–Kier alpha value is -2.33. The van der Waals surface area contributed by atoms with Gasteiger partial charge >= 0.3 is 0 Å². The molecule has 2 aromatic carbocycles. The van der Waals surface area contributed by atoms with E-state index in [1.807, 2.05) is 13.8 Å². The number of hydrogen-bond donors (Lipinski definition) is 0. The Labute approximate surface area is 138 Å². The highest BCUT2D eigenvalue weighted by atomic mass is 35.5. The molecule has 0 saturated heterocycles. The molecule has 1 aliphatic rings. The minimum Gasteiger partial charge on any atom is -0.489 e. The second-order valence-corrected chi connectivity index (χ2v) is 5.81. The number of Topliss-reactive ketones (excluding diaryl/α,β-unsaturated/α-hetero) is 1. The van der Waals surface area contributed by atoms with Crippen LogP contribution in [0.3, 0.4) is 0 Å².